The van der Waals surface area contributed by atoms with Crippen LogP contribution in [0.4, 0.5) is 0 Å². The van der Waals surface area contributed by atoms with Gasteiger partial charge in [-0.1, -0.05) is 49.7 Å². The van der Waals surface area contributed by atoms with Gasteiger partial charge >= 0.3 is 11.9 Å². The summed E-state index contributed by atoms with van der Waals surface area (Å²) < 4.78 is 10.8. The van der Waals surface area contributed by atoms with Crippen LogP contribution in [0.5, 0.6) is 5.75 Å². The van der Waals surface area contributed by atoms with E-state index < -0.39 is 11.9 Å². The van der Waals surface area contributed by atoms with Gasteiger partial charge in [0.2, 0.25) is 0 Å². The minimum Gasteiger partial charge on any atom is -0.466 e. The number of esters is 2. The SMILES string of the molecule is CCOC(=O)C(CC(C)C)c1ccccc1OC(=O)c1cccc(Cl)c1. The highest BCUT2D eigenvalue weighted by molar-refractivity contribution is 6.30. The molecule has 0 radical (unpaired) electrons. The van der Waals surface area contributed by atoms with Crippen LogP contribution in [0.25, 0.3) is 0 Å². The quantitative estimate of drug-likeness (QED) is 0.490. The van der Waals surface area contributed by atoms with Gasteiger partial charge in [0.15, 0.2) is 0 Å². The lowest BCUT2D eigenvalue weighted by atomic mass is 9.89. The molecule has 0 saturated carbocycles. The molecule has 0 spiro atoms. The maximum Gasteiger partial charge on any atom is 0.343 e. The van der Waals surface area contributed by atoms with Crippen LogP contribution in [0.2, 0.25) is 5.02 Å². The molecule has 26 heavy (non-hydrogen) atoms. The Kier molecular flexibility index (Phi) is 7.22. The molecule has 0 aliphatic carbocycles. The molecule has 0 bridgehead atoms. The van der Waals surface area contributed by atoms with Crippen LogP contribution in [-0.2, 0) is 9.53 Å². The summed E-state index contributed by atoms with van der Waals surface area (Å²) in [5.41, 5.74) is 0.999. The number of hydrogen-bond acceptors (Lipinski definition) is 4. The van der Waals surface area contributed by atoms with Crippen LogP contribution in [-0.4, -0.2) is 18.5 Å². The fourth-order valence-corrected chi connectivity index (χ4v) is 2.89. The summed E-state index contributed by atoms with van der Waals surface area (Å²) in [6, 6.07) is 13.6. The first-order chi connectivity index (χ1) is 12.4. The molecule has 0 aliphatic rings. The Morgan fingerprint density at radius 3 is 2.46 bits per heavy atom. The normalized spacial score (nSPS) is 11.9. The van der Waals surface area contributed by atoms with E-state index in [9.17, 15) is 9.59 Å². The molecule has 0 N–H and O–H groups in total. The molecule has 0 aromatic heterocycles. The lowest BCUT2D eigenvalue weighted by Gasteiger charge is -2.20. The van der Waals surface area contributed by atoms with Crippen molar-refractivity contribution in [3.63, 3.8) is 0 Å². The summed E-state index contributed by atoms with van der Waals surface area (Å²) in [7, 11) is 0. The molecule has 2 aromatic rings. The van der Waals surface area contributed by atoms with Gasteiger partial charge < -0.3 is 9.47 Å². The lowest BCUT2D eigenvalue weighted by molar-refractivity contribution is -0.145. The minimum absolute atomic E-state index is 0.279. The monoisotopic (exact) mass is 374 g/mol. The third kappa shape index (κ3) is 5.33. The van der Waals surface area contributed by atoms with Crippen molar-refractivity contribution in [2.24, 2.45) is 5.92 Å². The van der Waals surface area contributed by atoms with Gasteiger partial charge in [-0.05, 0) is 43.5 Å². The van der Waals surface area contributed by atoms with Gasteiger partial charge in [0.25, 0.3) is 0 Å². The molecule has 2 rings (SSSR count). The van der Waals surface area contributed by atoms with Gasteiger partial charge in [-0.3, -0.25) is 4.79 Å². The van der Waals surface area contributed by atoms with Crippen molar-refractivity contribution >= 4 is 23.5 Å². The molecule has 2 aromatic carbocycles. The van der Waals surface area contributed by atoms with Crippen LogP contribution in [0.15, 0.2) is 48.5 Å². The lowest BCUT2D eigenvalue weighted by Crippen LogP contribution is -2.20. The van der Waals surface area contributed by atoms with Gasteiger partial charge in [0.05, 0.1) is 18.1 Å². The summed E-state index contributed by atoms with van der Waals surface area (Å²) >= 11 is 5.94. The molecule has 5 heteroatoms. The zero-order chi connectivity index (χ0) is 19.1. The van der Waals surface area contributed by atoms with E-state index in [0.29, 0.717) is 34.9 Å². The van der Waals surface area contributed by atoms with Gasteiger partial charge in [-0.25, -0.2) is 4.79 Å². The van der Waals surface area contributed by atoms with Gasteiger partial charge in [0, 0.05) is 10.6 Å². The predicted molar refractivity (Wildman–Crippen MR) is 102 cm³/mol. The van der Waals surface area contributed by atoms with Crippen molar-refractivity contribution in [1.29, 1.82) is 0 Å². The molecular formula is C21H23ClO4. The summed E-state index contributed by atoms with van der Waals surface area (Å²) in [5, 5.41) is 0.456. The van der Waals surface area contributed by atoms with E-state index in [0.717, 1.165) is 0 Å². The van der Waals surface area contributed by atoms with E-state index in [4.69, 9.17) is 21.1 Å². The predicted octanol–water partition coefficient (Wildman–Crippen LogP) is 5.25. The zero-order valence-electron chi connectivity index (χ0n) is 15.2. The van der Waals surface area contributed by atoms with E-state index in [-0.39, 0.29) is 11.9 Å². The Labute approximate surface area is 159 Å². The van der Waals surface area contributed by atoms with Gasteiger partial charge in [-0.15, -0.1) is 0 Å². The first-order valence-corrected chi connectivity index (χ1v) is 9.03. The molecular weight excluding hydrogens is 352 g/mol. The fraction of sp³-hybridized carbons (Fsp3) is 0.333. The molecule has 1 unspecified atom stereocenters. The highest BCUT2D eigenvalue weighted by atomic mass is 35.5. The largest absolute Gasteiger partial charge is 0.466 e. The molecule has 0 aliphatic heterocycles. The maximum absolute atomic E-state index is 12.5. The topological polar surface area (TPSA) is 52.6 Å². The first-order valence-electron chi connectivity index (χ1n) is 8.65. The number of rotatable bonds is 7. The number of para-hydroxylation sites is 1. The number of carbonyl (C=O) groups is 2. The summed E-state index contributed by atoms with van der Waals surface area (Å²) in [6.45, 7) is 6.15. The number of hydrogen-bond donors (Lipinski definition) is 0. The zero-order valence-corrected chi connectivity index (χ0v) is 16.0. The first kappa shape index (κ1) is 20.0. The van der Waals surface area contributed by atoms with E-state index in [2.05, 4.69) is 0 Å². The van der Waals surface area contributed by atoms with Crippen LogP contribution < -0.4 is 4.74 Å². The highest BCUT2D eigenvalue weighted by Crippen LogP contribution is 2.33. The Morgan fingerprint density at radius 1 is 1.08 bits per heavy atom. The van der Waals surface area contributed by atoms with Crippen molar-refractivity contribution in [3.8, 4) is 5.75 Å². The molecule has 0 amide bonds. The van der Waals surface area contributed by atoms with Crippen molar-refractivity contribution in [1.82, 2.24) is 0 Å². The average molecular weight is 375 g/mol. The molecule has 0 saturated heterocycles. The average Bonchev–Trinajstić information content (AvgIpc) is 2.60. The van der Waals surface area contributed by atoms with Crippen LogP contribution >= 0.6 is 11.6 Å². The third-order valence-corrected chi connectivity index (χ3v) is 4.07. The number of benzene rings is 2. The van der Waals surface area contributed by atoms with Crippen LogP contribution in [0.1, 0.15) is 49.0 Å². The second-order valence-electron chi connectivity index (χ2n) is 6.37. The van der Waals surface area contributed by atoms with E-state index in [1.807, 2.05) is 19.9 Å². The summed E-state index contributed by atoms with van der Waals surface area (Å²) in [5.74, 6) is -0.685. The number of carbonyl (C=O) groups excluding carboxylic acids is 2. The minimum atomic E-state index is -0.521. The maximum atomic E-state index is 12.5. The second kappa shape index (κ2) is 9.39. The van der Waals surface area contributed by atoms with Gasteiger partial charge in [0.1, 0.15) is 5.75 Å². The van der Waals surface area contributed by atoms with E-state index >= 15 is 0 Å². The van der Waals surface area contributed by atoms with Crippen molar-refractivity contribution in [2.45, 2.75) is 33.1 Å². The van der Waals surface area contributed by atoms with E-state index in [1.165, 1.54) is 0 Å². The molecule has 1 atom stereocenters. The fourth-order valence-electron chi connectivity index (χ4n) is 2.70. The Bertz CT molecular complexity index is 770. The second-order valence-corrected chi connectivity index (χ2v) is 6.81. The third-order valence-electron chi connectivity index (χ3n) is 3.84. The van der Waals surface area contributed by atoms with Crippen molar-refractivity contribution in [3.05, 3.63) is 64.7 Å². The summed E-state index contributed by atoms with van der Waals surface area (Å²) in [6.07, 6.45) is 0.602. The molecule has 0 fully saturated rings. The smallest absolute Gasteiger partial charge is 0.343 e. The Morgan fingerprint density at radius 2 is 1.81 bits per heavy atom. The summed E-state index contributed by atoms with van der Waals surface area (Å²) in [4.78, 5) is 24.9. The van der Waals surface area contributed by atoms with E-state index in [1.54, 1.807) is 49.4 Å². The molecule has 138 valence electrons. The highest BCUT2D eigenvalue weighted by Gasteiger charge is 2.27. The Balaban J connectivity index is 2.32. The van der Waals surface area contributed by atoms with Crippen molar-refractivity contribution < 1.29 is 19.1 Å². The van der Waals surface area contributed by atoms with Gasteiger partial charge in [-0.2, -0.15) is 0 Å². The standard InChI is InChI=1S/C21H23ClO4/c1-4-25-21(24)18(12-14(2)3)17-10-5-6-11-19(17)26-20(23)15-8-7-9-16(22)13-15/h5-11,13-14,18H,4,12H2,1-3H3. The number of halogens is 1. The van der Waals surface area contributed by atoms with Crippen LogP contribution in [0.3, 0.4) is 0 Å². The molecule has 4 nitrogen and oxygen atoms in total. The van der Waals surface area contributed by atoms with Crippen LogP contribution in [0, 0.1) is 5.92 Å². The Hall–Kier alpha value is -2.33. The van der Waals surface area contributed by atoms with Crippen molar-refractivity contribution in [2.75, 3.05) is 6.61 Å². The molecule has 0 heterocycles. The number of ether oxygens (including phenoxy) is 2.